The SMILES string of the molecule is COc1cccc(CNC(=O)c2ccc(N3CCCCC3)nc2)c1. The first-order valence-electron chi connectivity index (χ1n) is 8.38. The highest BCUT2D eigenvalue weighted by Gasteiger charge is 2.13. The molecular weight excluding hydrogens is 302 g/mol. The van der Waals surface area contributed by atoms with Gasteiger partial charge in [-0.25, -0.2) is 4.98 Å². The number of benzene rings is 1. The molecule has 5 heteroatoms. The van der Waals surface area contributed by atoms with Crippen molar-refractivity contribution in [3.05, 3.63) is 53.7 Å². The molecule has 1 N–H and O–H groups in total. The van der Waals surface area contributed by atoms with Crippen LogP contribution in [0.2, 0.25) is 0 Å². The Balaban J connectivity index is 1.58. The van der Waals surface area contributed by atoms with Crippen LogP contribution in [-0.4, -0.2) is 31.1 Å². The summed E-state index contributed by atoms with van der Waals surface area (Å²) in [7, 11) is 1.63. The van der Waals surface area contributed by atoms with E-state index in [1.165, 1.54) is 19.3 Å². The Morgan fingerprint density at radius 1 is 1.21 bits per heavy atom. The molecule has 1 amide bonds. The Morgan fingerprint density at radius 3 is 2.75 bits per heavy atom. The van der Waals surface area contributed by atoms with Gasteiger partial charge in [0.25, 0.3) is 5.91 Å². The van der Waals surface area contributed by atoms with E-state index in [2.05, 4.69) is 15.2 Å². The second-order valence-electron chi connectivity index (χ2n) is 5.99. The fourth-order valence-corrected chi connectivity index (χ4v) is 2.90. The summed E-state index contributed by atoms with van der Waals surface area (Å²) < 4.78 is 5.19. The zero-order valence-electron chi connectivity index (χ0n) is 14.0. The summed E-state index contributed by atoms with van der Waals surface area (Å²) in [5, 5.41) is 2.92. The van der Waals surface area contributed by atoms with Gasteiger partial charge in [-0.1, -0.05) is 12.1 Å². The van der Waals surface area contributed by atoms with E-state index in [-0.39, 0.29) is 5.91 Å². The molecule has 2 aromatic rings. The lowest BCUT2D eigenvalue weighted by atomic mass is 10.1. The number of hydrogen-bond acceptors (Lipinski definition) is 4. The van der Waals surface area contributed by atoms with Crippen LogP contribution in [0, 0.1) is 0 Å². The highest BCUT2D eigenvalue weighted by atomic mass is 16.5. The summed E-state index contributed by atoms with van der Waals surface area (Å²) in [4.78, 5) is 19.0. The topological polar surface area (TPSA) is 54.5 Å². The molecule has 0 unspecified atom stereocenters. The Kier molecular flexibility index (Phi) is 5.31. The number of pyridine rings is 1. The fourth-order valence-electron chi connectivity index (χ4n) is 2.90. The van der Waals surface area contributed by atoms with E-state index < -0.39 is 0 Å². The fraction of sp³-hybridized carbons (Fsp3) is 0.368. The lowest BCUT2D eigenvalue weighted by molar-refractivity contribution is 0.0950. The van der Waals surface area contributed by atoms with E-state index in [1.807, 2.05) is 36.4 Å². The molecule has 0 saturated carbocycles. The molecule has 1 fully saturated rings. The molecule has 0 bridgehead atoms. The molecular formula is C19H23N3O2. The van der Waals surface area contributed by atoms with Crippen molar-refractivity contribution < 1.29 is 9.53 Å². The monoisotopic (exact) mass is 325 g/mol. The number of carbonyl (C=O) groups excluding carboxylic acids is 1. The molecule has 0 aliphatic carbocycles. The Labute approximate surface area is 142 Å². The lowest BCUT2D eigenvalue weighted by Gasteiger charge is -2.27. The minimum absolute atomic E-state index is 0.115. The van der Waals surface area contributed by atoms with E-state index in [9.17, 15) is 4.79 Å². The average molecular weight is 325 g/mol. The number of hydrogen-bond donors (Lipinski definition) is 1. The van der Waals surface area contributed by atoms with Gasteiger partial charge in [0.1, 0.15) is 11.6 Å². The van der Waals surface area contributed by atoms with Gasteiger partial charge < -0.3 is 15.0 Å². The second kappa shape index (κ2) is 7.81. The molecule has 1 saturated heterocycles. The highest BCUT2D eigenvalue weighted by Crippen LogP contribution is 2.17. The van der Waals surface area contributed by atoms with Crippen molar-refractivity contribution in [3.63, 3.8) is 0 Å². The normalized spacial score (nSPS) is 14.3. The van der Waals surface area contributed by atoms with Crippen LogP contribution in [0.25, 0.3) is 0 Å². The molecule has 1 aliphatic heterocycles. The molecule has 0 radical (unpaired) electrons. The predicted octanol–water partition coefficient (Wildman–Crippen LogP) is 3.01. The zero-order valence-corrected chi connectivity index (χ0v) is 14.0. The summed E-state index contributed by atoms with van der Waals surface area (Å²) in [6, 6.07) is 11.5. The van der Waals surface area contributed by atoms with Gasteiger partial charge in [-0.15, -0.1) is 0 Å². The first kappa shape index (κ1) is 16.3. The second-order valence-corrected chi connectivity index (χ2v) is 5.99. The molecule has 1 aromatic heterocycles. The summed E-state index contributed by atoms with van der Waals surface area (Å²) in [5.41, 5.74) is 1.58. The third-order valence-electron chi connectivity index (χ3n) is 4.28. The largest absolute Gasteiger partial charge is 0.497 e. The zero-order chi connectivity index (χ0) is 16.8. The van der Waals surface area contributed by atoms with E-state index in [1.54, 1.807) is 13.3 Å². The third-order valence-corrected chi connectivity index (χ3v) is 4.28. The van der Waals surface area contributed by atoms with Crippen molar-refractivity contribution in [2.45, 2.75) is 25.8 Å². The van der Waals surface area contributed by atoms with Crippen molar-refractivity contribution in [1.82, 2.24) is 10.3 Å². The average Bonchev–Trinajstić information content (AvgIpc) is 2.67. The summed E-state index contributed by atoms with van der Waals surface area (Å²) >= 11 is 0. The van der Waals surface area contributed by atoms with Crippen molar-refractivity contribution in [1.29, 1.82) is 0 Å². The first-order chi connectivity index (χ1) is 11.8. The quantitative estimate of drug-likeness (QED) is 0.918. The number of methoxy groups -OCH3 is 1. The van der Waals surface area contributed by atoms with Gasteiger partial charge in [-0.05, 0) is 49.1 Å². The van der Waals surface area contributed by atoms with Gasteiger partial charge in [-0.2, -0.15) is 0 Å². The predicted molar refractivity (Wildman–Crippen MR) is 94.5 cm³/mol. The van der Waals surface area contributed by atoms with Gasteiger partial charge in [0.05, 0.1) is 12.7 Å². The van der Waals surface area contributed by atoms with Gasteiger partial charge >= 0.3 is 0 Å². The number of piperidine rings is 1. The van der Waals surface area contributed by atoms with Crippen molar-refractivity contribution >= 4 is 11.7 Å². The van der Waals surface area contributed by atoms with Gasteiger partial charge in [0.15, 0.2) is 0 Å². The Morgan fingerprint density at radius 2 is 2.04 bits per heavy atom. The van der Waals surface area contributed by atoms with Crippen LogP contribution in [-0.2, 0) is 6.54 Å². The Hall–Kier alpha value is -2.56. The number of rotatable bonds is 5. The van der Waals surface area contributed by atoms with Crippen LogP contribution in [0.5, 0.6) is 5.75 Å². The summed E-state index contributed by atoms with van der Waals surface area (Å²) in [6.45, 7) is 2.56. The smallest absolute Gasteiger partial charge is 0.253 e. The Bertz CT molecular complexity index is 679. The van der Waals surface area contributed by atoms with Crippen LogP contribution < -0.4 is 15.0 Å². The van der Waals surface area contributed by atoms with E-state index in [4.69, 9.17) is 4.74 Å². The first-order valence-corrected chi connectivity index (χ1v) is 8.38. The molecule has 5 nitrogen and oxygen atoms in total. The van der Waals surface area contributed by atoms with E-state index >= 15 is 0 Å². The number of carbonyl (C=O) groups is 1. The molecule has 2 heterocycles. The molecule has 24 heavy (non-hydrogen) atoms. The standard InChI is InChI=1S/C19H23N3O2/c1-24-17-7-5-6-15(12-17)13-21-19(23)16-8-9-18(20-14-16)22-10-3-2-4-11-22/h5-9,12,14H,2-4,10-11,13H2,1H3,(H,21,23). The molecule has 3 rings (SSSR count). The maximum Gasteiger partial charge on any atom is 0.253 e. The van der Waals surface area contributed by atoms with Crippen LogP contribution >= 0.6 is 0 Å². The maximum absolute atomic E-state index is 12.3. The number of nitrogens with zero attached hydrogens (tertiary/aromatic N) is 2. The van der Waals surface area contributed by atoms with E-state index in [0.717, 1.165) is 30.2 Å². The van der Waals surface area contributed by atoms with Crippen molar-refractivity contribution in [2.75, 3.05) is 25.1 Å². The number of amides is 1. The van der Waals surface area contributed by atoms with E-state index in [0.29, 0.717) is 12.1 Å². The third kappa shape index (κ3) is 4.04. The molecule has 1 aromatic carbocycles. The minimum Gasteiger partial charge on any atom is -0.497 e. The van der Waals surface area contributed by atoms with Crippen molar-refractivity contribution in [3.8, 4) is 5.75 Å². The van der Waals surface area contributed by atoms with Crippen LogP contribution in [0.15, 0.2) is 42.6 Å². The lowest BCUT2D eigenvalue weighted by Crippen LogP contribution is -2.30. The summed E-state index contributed by atoms with van der Waals surface area (Å²) in [6.07, 6.45) is 5.38. The van der Waals surface area contributed by atoms with Crippen LogP contribution in [0.4, 0.5) is 5.82 Å². The molecule has 0 atom stereocenters. The van der Waals surface area contributed by atoms with Crippen LogP contribution in [0.1, 0.15) is 35.2 Å². The van der Waals surface area contributed by atoms with Crippen LogP contribution in [0.3, 0.4) is 0 Å². The number of anilines is 1. The molecule has 126 valence electrons. The van der Waals surface area contributed by atoms with Gasteiger partial charge in [0, 0.05) is 25.8 Å². The number of ether oxygens (including phenoxy) is 1. The summed E-state index contributed by atoms with van der Waals surface area (Å²) in [5.74, 6) is 1.63. The highest BCUT2D eigenvalue weighted by molar-refractivity contribution is 5.94. The van der Waals surface area contributed by atoms with Gasteiger partial charge in [-0.3, -0.25) is 4.79 Å². The number of aromatic nitrogens is 1. The van der Waals surface area contributed by atoms with Gasteiger partial charge in [0.2, 0.25) is 0 Å². The van der Waals surface area contributed by atoms with Crippen molar-refractivity contribution in [2.24, 2.45) is 0 Å². The molecule has 1 aliphatic rings. The minimum atomic E-state index is -0.115. The molecule has 0 spiro atoms. The maximum atomic E-state index is 12.3. The number of nitrogens with one attached hydrogen (secondary N) is 1.